The van der Waals surface area contributed by atoms with E-state index in [2.05, 4.69) is 15.3 Å². The van der Waals surface area contributed by atoms with Gasteiger partial charge in [-0.15, -0.1) is 0 Å². The van der Waals surface area contributed by atoms with Gasteiger partial charge in [0.1, 0.15) is 5.69 Å². The van der Waals surface area contributed by atoms with Crippen molar-refractivity contribution in [1.29, 1.82) is 0 Å². The fourth-order valence-corrected chi connectivity index (χ4v) is 1.86. The summed E-state index contributed by atoms with van der Waals surface area (Å²) in [7, 11) is 0. The number of H-pyrrole nitrogens is 1. The quantitative estimate of drug-likeness (QED) is 0.661. The third-order valence-corrected chi connectivity index (χ3v) is 2.77. The zero-order chi connectivity index (χ0) is 10.7. The maximum atomic E-state index is 11.6. The van der Waals surface area contributed by atoms with Gasteiger partial charge in [0, 0.05) is 6.04 Å². The Kier molecular flexibility index (Phi) is 3.01. The molecule has 5 nitrogen and oxygen atoms in total. The summed E-state index contributed by atoms with van der Waals surface area (Å²) < 4.78 is 0. The number of aromatic nitrogens is 2. The van der Waals surface area contributed by atoms with Crippen LogP contribution in [0.1, 0.15) is 36.2 Å². The van der Waals surface area contributed by atoms with Gasteiger partial charge in [0.25, 0.3) is 5.91 Å². The Balaban J connectivity index is 1.85. The van der Waals surface area contributed by atoms with Crippen LogP contribution >= 0.6 is 0 Å². The normalized spacial score (nSPS) is 26.2. The Hall–Kier alpha value is -1.36. The molecule has 15 heavy (non-hydrogen) atoms. The predicted molar refractivity (Wildman–Crippen MR) is 54.3 cm³/mol. The first-order chi connectivity index (χ1) is 7.25. The van der Waals surface area contributed by atoms with Crippen LogP contribution < -0.4 is 5.32 Å². The number of amides is 1. The van der Waals surface area contributed by atoms with Crippen LogP contribution in [0.15, 0.2) is 12.5 Å². The van der Waals surface area contributed by atoms with Gasteiger partial charge < -0.3 is 15.4 Å². The van der Waals surface area contributed by atoms with Crippen LogP contribution in [0.2, 0.25) is 0 Å². The summed E-state index contributed by atoms with van der Waals surface area (Å²) in [5.74, 6) is -0.117. The second-order valence-electron chi connectivity index (χ2n) is 3.94. The van der Waals surface area contributed by atoms with Gasteiger partial charge in [-0.2, -0.15) is 0 Å². The summed E-state index contributed by atoms with van der Waals surface area (Å²) in [4.78, 5) is 18.2. The molecule has 0 saturated heterocycles. The van der Waals surface area contributed by atoms with Gasteiger partial charge >= 0.3 is 0 Å². The highest BCUT2D eigenvalue weighted by molar-refractivity contribution is 5.92. The van der Waals surface area contributed by atoms with E-state index in [0.29, 0.717) is 5.69 Å². The topological polar surface area (TPSA) is 78.0 Å². The summed E-state index contributed by atoms with van der Waals surface area (Å²) in [6, 6.07) is 0.184. The molecule has 2 rings (SSSR count). The number of rotatable bonds is 2. The van der Waals surface area contributed by atoms with E-state index >= 15 is 0 Å². The molecule has 1 aliphatic rings. The van der Waals surface area contributed by atoms with E-state index in [4.69, 9.17) is 0 Å². The molecule has 1 saturated carbocycles. The summed E-state index contributed by atoms with van der Waals surface area (Å²) >= 11 is 0. The van der Waals surface area contributed by atoms with Gasteiger partial charge in [0.2, 0.25) is 0 Å². The molecule has 1 amide bonds. The van der Waals surface area contributed by atoms with Crippen LogP contribution in [0.5, 0.6) is 0 Å². The Morgan fingerprint density at radius 2 is 2.20 bits per heavy atom. The number of aromatic amines is 1. The molecule has 1 aromatic rings. The fourth-order valence-electron chi connectivity index (χ4n) is 1.86. The molecule has 0 bridgehead atoms. The Bertz CT molecular complexity index is 315. The minimum absolute atomic E-state index is 0.117. The minimum Gasteiger partial charge on any atom is -0.393 e. The lowest BCUT2D eigenvalue weighted by atomic mass is 9.93. The molecule has 0 unspecified atom stereocenters. The number of carbonyl (C=O) groups excluding carboxylic acids is 1. The summed E-state index contributed by atoms with van der Waals surface area (Å²) in [6.45, 7) is 0. The smallest absolute Gasteiger partial charge is 0.269 e. The van der Waals surface area contributed by atoms with Crippen molar-refractivity contribution in [1.82, 2.24) is 15.3 Å². The van der Waals surface area contributed by atoms with Gasteiger partial charge in [0.05, 0.1) is 18.6 Å². The van der Waals surface area contributed by atoms with Crippen molar-refractivity contribution in [3.63, 3.8) is 0 Å². The lowest BCUT2D eigenvalue weighted by molar-refractivity contribution is 0.0863. The first-order valence-electron chi connectivity index (χ1n) is 5.23. The van der Waals surface area contributed by atoms with Crippen LogP contribution in [0, 0.1) is 0 Å². The van der Waals surface area contributed by atoms with Crippen LogP contribution in [-0.4, -0.2) is 33.1 Å². The molecule has 0 atom stereocenters. The highest BCUT2D eigenvalue weighted by Gasteiger charge is 2.21. The van der Waals surface area contributed by atoms with Crippen LogP contribution in [0.4, 0.5) is 0 Å². The fraction of sp³-hybridized carbons (Fsp3) is 0.600. The summed E-state index contributed by atoms with van der Waals surface area (Å²) in [6.07, 6.45) is 6.04. The standard InChI is InChI=1S/C10H15N3O2/c14-8-3-1-7(2-4-8)13-10(15)9-5-11-6-12-9/h5-8,14H,1-4H2,(H,11,12)(H,13,15). The van der Waals surface area contributed by atoms with E-state index in [-0.39, 0.29) is 18.1 Å². The van der Waals surface area contributed by atoms with E-state index in [1.807, 2.05) is 0 Å². The maximum Gasteiger partial charge on any atom is 0.269 e. The molecule has 1 heterocycles. The summed E-state index contributed by atoms with van der Waals surface area (Å²) in [5, 5.41) is 12.2. The second-order valence-corrected chi connectivity index (χ2v) is 3.94. The van der Waals surface area contributed by atoms with Crippen molar-refractivity contribution in [2.24, 2.45) is 0 Å². The van der Waals surface area contributed by atoms with Gasteiger partial charge in [-0.05, 0) is 25.7 Å². The van der Waals surface area contributed by atoms with Gasteiger partial charge in [0.15, 0.2) is 0 Å². The number of hydrogen-bond donors (Lipinski definition) is 3. The SMILES string of the molecule is O=C(NC1CCC(O)CC1)c1cnc[nH]1. The van der Waals surface area contributed by atoms with E-state index in [1.54, 1.807) is 0 Å². The Labute approximate surface area is 87.9 Å². The van der Waals surface area contributed by atoms with Gasteiger partial charge in [-0.3, -0.25) is 4.79 Å². The minimum atomic E-state index is -0.190. The van der Waals surface area contributed by atoms with Crippen LogP contribution in [0.25, 0.3) is 0 Å². The lowest BCUT2D eigenvalue weighted by Crippen LogP contribution is -2.38. The highest BCUT2D eigenvalue weighted by Crippen LogP contribution is 2.18. The first-order valence-corrected chi connectivity index (χ1v) is 5.23. The molecular weight excluding hydrogens is 194 g/mol. The summed E-state index contributed by atoms with van der Waals surface area (Å²) in [5.41, 5.74) is 0.487. The van der Waals surface area contributed by atoms with E-state index < -0.39 is 0 Å². The molecule has 0 aromatic carbocycles. The van der Waals surface area contributed by atoms with Crippen LogP contribution in [0.3, 0.4) is 0 Å². The number of aliphatic hydroxyl groups excluding tert-OH is 1. The van der Waals surface area contributed by atoms with Gasteiger partial charge in [-0.1, -0.05) is 0 Å². The average Bonchev–Trinajstić information content (AvgIpc) is 2.74. The predicted octanol–water partition coefficient (Wildman–Crippen LogP) is 0.443. The monoisotopic (exact) mass is 209 g/mol. The Morgan fingerprint density at radius 3 is 2.80 bits per heavy atom. The highest BCUT2D eigenvalue weighted by atomic mass is 16.3. The molecule has 5 heteroatoms. The zero-order valence-electron chi connectivity index (χ0n) is 8.44. The number of nitrogens with one attached hydrogen (secondary N) is 2. The second kappa shape index (κ2) is 4.44. The third-order valence-electron chi connectivity index (χ3n) is 2.77. The Morgan fingerprint density at radius 1 is 1.47 bits per heavy atom. The van der Waals surface area contributed by atoms with E-state index in [1.165, 1.54) is 12.5 Å². The largest absolute Gasteiger partial charge is 0.393 e. The van der Waals surface area contributed by atoms with Crippen molar-refractivity contribution in [3.05, 3.63) is 18.2 Å². The van der Waals surface area contributed by atoms with Crippen LogP contribution in [-0.2, 0) is 0 Å². The molecule has 1 aromatic heterocycles. The molecule has 0 spiro atoms. The van der Waals surface area contributed by atoms with Gasteiger partial charge in [-0.25, -0.2) is 4.98 Å². The zero-order valence-corrected chi connectivity index (χ0v) is 8.44. The van der Waals surface area contributed by atoms with E-state index in [9.17, 15) is 9.90 Å². The molecule has 1 fully saturated rings. The number of carbonyl (C=O) groups is 1. The van der Waals surface area contributed by atoms with Crippen molar-refractivity contribution < 1.29 is 9.90 Å². The molecule has 1 aliphatic carbocycles. The third kappa shape index (κ3) is 2.56. The molecule has 0 aliphatic heterocycles. The maximum absolute atomic E-state index is 11.6. The number of aliphatic hydroxyl groups is 1. The number of hydrogen-bond acceptors (Lipinski definition) is 3. The molecular formula is C10H15N3O2. The number of imidazole rings is 1. The molecule has 3 N–H and O–H groups in total. The van der Waals surface area contributed by atoms with Crippen molar-refractivity contribution in [2.75, 3.05) is 0 Å². The lowest BCUT2D eigenvalue weighted by Gasteiger charge is -2.25. The van der Waals surface area contributed by atoms with Crippen molar-refractivity contribution in [3.8, 4) is 0 Å². The molecule has 0 radical (unpaired) electrons. The number of nitrogens with zero attached hydrogens (tertiary/aromatic N) is 1. The average molecular weight is 209 g/mol. The van der Waals surface area contributed by atoms with Crippen molar-refractivity contribution in [2.45, 2.75) is 37.8 Å². The molecule has 82 valence electrons. The first kappa shape index (κ1) is 10.2. The van der Waals surface area contributed by atoms with Crippen molar-refractivity contribution >= 4 is 5.91 Å². The van der Waals surface area contributed by atoms with E-state index in [0.717, 1.165) is 25.7 Å².